The molecule has 0 N–H and O–H groups in total. The number of hydrogen-bond acceptors (Lipinski definition) is 0. The van der Waals surface area contributed by atoms with E-state index in [1.54, 1.807) is 0 Å². The lowest BCUT2D eigenvalue weighted by Crippen LogP contribution is -2.07. The van der Waals surface area contributed by atoms with Gasteiger partial charge in [-0.1, -0.05) is 37.3 Å². The third-order valence-electron chi connectivity index (χ3n) is 2.26. The van der Waals surface area contributed by atoms with E-state index in [9.17, 15) is 0 Å². The summed E-state index contributed by atoms with van der Waals surface area (Å²) in [6, 6.07) is 10.7. The van der Waals surface area contributed by atoms with E-state index >= 15 is 0 Å². The standard InChI is InChI=1S/C13H20N/c1-2-11-14-12-7-6-10-13-8-4-3-5-9-13/h3-5,8-9H,2,6-7,10-12H2,1H3. The summed E-state index contributed by atoms with van der Waals surface area (Å²) in [6.45, 7) is 4.25. The molecule has 1 rings (SSSR count). The number of nitrogens with zero attached hydrogens (tertiary/aromatic N) is 1. The van der Waals surface area contributed by atoms with Crippen LogP contribution in [0.3, 0.4) is 0 Å². The van der Waals surface area contributed by atoms with E-state index in [0.717, 1.165) is 13.1 Å². The highest BCUT2D eigenvalue weighted by molar-refractivity contribution is 5.14. The average Bonchev–Trinajstić information content (AvgIpc) is 2.25. The van der Waals surface area contributed by atoms with Crippen LogP contribution in [0.1, 0.15) is 31.7 Å². The molecule has 0 aromatic heterocycles. The monoisotopic (exact) mass is 190 g/mol. The second kappa shape index (κ2) is 7.57. The van der Waals surface area contributed by atoms with E-state index in [4.69, 9.17) is 0 Å². The van der Waals surface area contributed by atoms with Crippen molar-refractivity contribution in [2.45, 2.75) is 32.6 Å². The van der Waals surface area contributed by atoms with Crippen molar-refractivity contribution in [1.29, 1.82) is 0 Å². The van der Waals surface area contributed by atoms with Gasteiger partial charge in [-0.15, -0.1) is 0 Å². The van der Waals surface area contributed by atoms with Gasteiger partial charge in [0, 0.05) is 13.1 Å². The molecular formula is C13H20N. The molecule has 0 saturated carbocycles. The van der Waals surface area contributed by atoms with Crippen molar-refractivity contribution in [1.82, 2.24) is 5.32 Å². The molecule has 1 nitrogen and oxygen atoms in total. The van der Waals surface area contributed by atoms with Gasteiger partial charge in [0.15, 0.2) is 0 Å². The molecule has 0 saturated heterocycles. The van der Waals surface area contributed by atoms with E-state index in [2.05, 4.69) is 42.6 Å². The minimum absolute atomic E-state index is 1.03. The van der Waals surface area contributed by atoms with Crippen LogP contribution in [0.4, 0.5) is 0 Å². The molecule has 0 aliphatic heterocycles. The fourth-order valence-corrected chi connectivity index (χ4v) is 1.47. The Bertz CT molecular complexity index is 218. The summed E-state index contributed by atoms with van der Waals surface area (Å²) in [4.78, 5) is 0. The molecule has 0 unspecified atom stereocenters. The maximum absolute atomic E-state index is 4.42. The summed E-state index contributed by atoms with van der Waals surface area (Å²) in [7, 11) is 0. The van der Waals surface area contributed by atoms with Gasteiger partial charge in [-0.2, -0.15) is 0 Å². The van der Waals surface area contributed by atoms with Crippen molar-refractivity contribution in [3.63, 3.8) is 0 Å². The maximum Gasteiger partial charge on any atom is 0.0133 e. The van der Waals surface area contributed by atoms with Crippen molar-refractivity contribution < 1.29 is 0 Å². The topological polar surface area (TPSA) is 14.1 Å². The maximum atomic E-state index is 4.42. The van der Waals surface area contributed by atoms with Crippen LogP contribution in [0.25, 0.3) is 0 Å². The highest BCUT2D eigenvalue weighted by atomic mass is 14.8. The van der Waals surface area contributed by atoms with Crippen LogP contribution in [0.5, 0.6) is 0 Å². The Morgan fingerprint density at radius 1 is 1.00 bits per heavy atom. The Morgan fingerprint density at radius 3 is 2.50 bits per heavy atom. The van der Waals surface area contributed by atoms with Gasteiger partial charge >= 0.3 is 0 Å². The zero-order chi connectivity index (χ0) is 10.1. The zero-order valence-electron chi connectivity index (χ0n) is 9.08. The smallest absolute Gasteiger partial charge is 0.0133 e. The quantitative estimate of drug-likeness (QED) is 0.587. The molecule has 1 aromatic carbocycles. The number of hydrogen-bond donors (Lipinski definition) is 0. The Hall–Kier alpha value is -0.820. The highest BCUT2D eigenvalue weighted by Gasteiger charge is 1.92. The van der Waals surface area contributed by atoms with Crippen molar-refractivity contribution >= 4 is 0 Å². The first-order valence-electron chi connectivity index (χ1n) is 5.60. The van der Waals surface area contributed by atoms with Crippen LogP contribution in [0.2, 0.25) is 0 Å². The number of unbranched alkanes of at least 4 members (excludes halogenated alkanes) is 1. The third-order valence-corrected chi connectivity index (χ3v) is 2.26. The average molecular weight is 190 g/mol. The molecule has 0 bridgehead atoms. The van der Waals surface area contributed by atoms with Gasteiger partial charge in [0.25, 0.3) is 0 Å². The molecule has 1 heteroatoms. The lowest BCUT2D eigenvalue weighted by molar-refractivity contribution is 0.606. The Labute approximate surface area is 87.5 Å². The first-order chi connectivity index (χ1) is 6.93. The van der Waals surface area contributed by atoms with Crippen molar-refractivity contribution in [2.75, 3.05) is 13.1 Å². The Morgan fingerprint density at radius 2 is 1.79 bits per heavy atom. The van der Waals surface area contributed by atoms with Crippen molar-refractivity contribution in [3.8, 4) is 0 Å². The van der Waals surface area contributed by atoms with Gasteiger partial charge in [-0.3, -0.25) is 0 Å². The summed E-state index contributed by atoms with van der Waals surface area (Å²) >= 11 is 0. The largest absolute Gasteiger partial charge is 0.242 e. The van der Waals surface area contributed by atoms with E-state index in [1.807, 2.05) is 0 Å². The van der Waals surface area contributed by atoms with Gasteiger partial charge in [0.1, 0.15) is 0 Å². The lowest BCUT2D eigenvalue weighted by atomic mass is 10.1. The molecular weight excluding hydrogens is 170 g/mol. The molecule has 77 valence electrons. The van der Waals surface area contributed by atoms with Crippen LogP contribution >= 0.6 is 0 Å². The Kier molecular flexibility index (Phi) is 6.09. The number of benzene rings is 1. The fraction of sp³-hybridized carbons (Fsp3) is 0.538. The minimum atomic E-state index is 1.03. The second-order valence-electron chi connectivity index (χ2n) is 3.61. The predicted octanol–water partition coefficient (Wildman–Crippen LogP) is 3.02. The number of aryl methyl sites for hydroxylation is 1. The fourth-order valence-electron chi connectivity index (χ4n) is 1.47. The molecule has 1 aromatic rings. The molecule has 0 atom stereocenters. The van der Waals surface area contributed by atoms with Crippen molar-refractivity contribution in [3.05, 3.63) is 35.9 Å². The molecule has 0 spiro atoms. The second-order valence-corrected chi connectivity index (χ2v) is 3.61. The summed E-state index contributed by atoms with van der Waals surface area (Å²) < 4.78 is 0. The van der Waals surface area contributed by atoms with E-state index in [1.165, 1.54) is 31.2 Å². The minimum Gasteiger partial charge on any atom is -0.242 e. The molecule has 0 heterocycles. The van der Waals surface area contributed by atoms with Gasteiger partial charge in [-0.05, 0) is 31.2 Å². The molecule has 14 heavy (non-hydrogen) atoms. The van der Waals surface area contributed by atoms with Gasteiger partial charge in [0.05, 0.1) is 0 Å². The SMILES string of the molecule is CCC[N]CCCCc1ccccc1. The predicted molar refractivity (Wildman–Crippen MR) is 61.5 cm³/mol. The van der Waals surface area contributed by atoms with Crippen LogP contribution in [-0.4, -0.2) is 13.1 Å². The van der Waals surface area contributed by atoms with E-state index in [-0.39, 0.29) is 0 Å². The summed E-state index contributed by atoms with van der Waals surface area (Å²) in [5.74, 6) is 0. The Balaban J connectivity index is 1.99. The van der Waals surface area contributed by atoms with Crippen molar-refractivity contribution in [2.24, 2.45) is 0 Å². The van der Waals surface area contributed by atoms with Crippen LogP contribution in [0, 0.1) is 0 Å². The van der Waals surface area contributed by atoms with E-state index < -0.39 is 0 Å². The van der Waals surface area contributed by atoms with Crippen LogP contribution in [-0.2, 0) is 6.42 Å². The van der Waals surface area contributed by atoms with Gasteiger partial charge < -0.3 is 0 Å². The van der Waals surface area contributed by atoms with Gasteiger partial charge in [-0.25, -0.2) is 5.32 Å². The third kappa shape index (κ3) is 5.03. The van der Waals surface area contributed by atoms with Crippen LogP contribution < -0.4 is 5.32 Å². The zero-order valence-corrected chi connectivity index (χ0v) is 9.08. The normalized spacial score (nSPS) is 10.4. The molecule has 0 aliphatic carbocycles. The molecule has 0 fully saturated rings. The highest BCUT2D eigenvalue weighted by Crippen LogP contribution is 2.03. The van der Waals surface area contributed by atoms with E-state index in [0.29, 0.717) is 0 Å². The summed E-state index contributed by atoms with van der Waals surface area (Å²) in [6.07, 6.45) is 4.87. The molecule has 0 amide bonds. The van der Waals surface area contributed by atoms with Gasteiger partial charge in [0.2, 0.25) is 0 Å². The first-order valence-corrected chi connectivity index (χ1v) is 5.60. The lowest BCUT2D eigenvalue weighted by Gasteiger charge is -2.01. The first kappa shape index (κ1) is 11.3. The summed E-state index contributed by atoms with van der Waals surface area (Å²) in [5.41, 5.74) is 1.45. The summed E-state index contributed by atoms with van der Waals surface area (Å²) in [5, 5.41) is 4.42. The molecule has 1 radical (unpaired) electrons. The molecule has 0 aliphatic rings. The number of rotatable bonds is 7. The van der Waals surface area contributed by atoms with Crippen LogP contribution in [0.15, 0.2) is 30.3 Å².